The summed E-state index contributed by atoms with van der Waals surface area (Å²) < 4.78 is 22.2. The van der Waals surface area contributed by atoms with Crippen LogP contribution in [0.3, 0.4) is 0 Å². The third kappa shape index (κ3) is 54.7. The van der Waals surface area contributed by atoms with Crippen molar-refractivity contribution in [1.82, 2.24) is 0 Å². The largest absolute Gasteiger partial charge is 0.478 e. The summed E-state index contributed by atoms with van der Waals surface area (Å²) in [6, 6.07) is 0. The first kappa shape index (κ1) is 20.6. The minimum Gasteiger partial charge on any atom is -0.302 e. The summed E-state index contributed by atoms with van der Waals surface area (Å²) in [5.41, 5.74) is 0. The van der Waals surface area contributed by atoms with Crippen molar-refractivity contribution in [3.05, 3.63) is 0 Å². The van der Waals surface area contributed by atoms with E-state index in [1.54, 1.807) is 0 Å². The van der Waals surface area contributed by atoms with Gasteiger partial charge in [0.15, 0.2) is 0 Å². The van der Waals surface area contributed by atoms with Gasteiger partial charge in [-0.2, -0.15) is 4.31 Å². The molecular weight excluding hydrogens is 246 g/mol. The van der Waals surface area contributed by atoms with E-state index in [9.17, 15) is 9.13 Å². The van der Waals surface area contributed by atoms with E-state index in [4.69, 9.17) is 19.6 Å². The molecule has 0 rings (SSSR count). The number of phosphoric acid groups is 2. The zero-order chi connectivity index (χ0) is 13.1. The van der Waals surface area contributed by atoms with E-state index in [0.717, 1.165) is 0 Å². The molecule has 96 valence electrons. The van der Waals surface area contributed by atoms with E-state index >= 15 is 0 Å². The van der Waals surface area contributed by atoms with Crippen molar-refractivity contribution in [1.29, 1.82) is 0 Å². The zero-order valence-corrected chi connectivity index (χ0v) is 11.1. The molecule has 15 heavy (non-hydrogen) atoms. The van der Waals surface area contributed by atoms with Crippen LogP contribution in [0.1, 0.15) is 40.5 Å². The molecule has 0 aliphatic carbocycles. The fourth-order valence-electron chi connectivity index (χ4n) is 0.139. The molecule has 0 aromatic rings. The van der Waals surface area contributed by atoms with Crippen LogP contribution in [0.5, 0.6) is 0 Å². The highest BCUT2D eigenvalue weighted by Crippen LogP contribution is 2.53. The molecule has 0 fully saturated rings. The van der Waals surface area contributed by atoms with Crippen molar-refractivity contribution >= 4 is 15.6 Å². The van der Waals surface area contributed by atoms with Crippen LogP contribution >= 0.6 is 15.6 Å². The SMILES string of the molecule is CCC.CCC.O=P(O)(O)OP(=O)(O)O. The predicted octanol–water partition coefficient (Wildman–Crippen LogP) is 2.02. The van der Waals surface area contributed by atoms with Crippen LogP contribution in [0.15, 0.2) is 0 Å². The van der Waals surface area contributed by atoms with Crippen LogP contribution in [0.2, 0.25) is 0 Å². The third-order valence-electron chi connectivity index (χ3n) is 0.213. The van der Waals surface area contributed by atoms with Gasteiger partial charge in [-0.25, -0.2) is 9.13 Å². The van der Waals surface area contributed by atoms with E-state index in [0.29, 0.717) is 0 Å². The summed E-state index contributed by atoms with van der Waals surface area (Å²) >= 11 is 0. The molecule has 0 unspecified atom stereocenters. The molecule has 0 aromatic carbocycles. The molecule has 0 amide bonds. The number of rotatable bonds is 2. The average Bonchev–Trinajstić information content (AvgIpc) is 1.80. The molecule has 4 N–H and O–H groups in total. The van der Waals surface area contributed by atoms with Crippen LogP contribution in [-0.4, -0.2) is 19.6 Å². The summed E-state index contributed by atoms with van der Waals surface area (Å²) in [7, 11) is -10.1. The normalized spacial score (nSPS) is 10.7. The quantitative estimate of drug-likeness (QED) is 0.563. The Hall–Kier alpha value is 0.260. The molecule has 7 nitrogen and oxygen atoms in total. The standard InChI is InChI=1S/2C3H8.H4O7P2/c2*1-3-2;1-8(2,3)7-9(4,5)6/h2*3H2,1-2H3;(H2,1,2,3)(H2,4,5,6). The maximum Gasteiger partial charge on any atom is 0.478 e. The smallest absolute Gasteiger partial charge is 0.302 e. The molecule has 0 aliphatic heterocycles. The third-order valence-corrected chi connectivity index (χ3v) is 1.91. The lowest BCUT2D eigenvalue weighted by molar-refractivity contribution is 0.225. The highest BCUT2D eigenvalue weighted by molar-refractivity contribution is 7.60. The Morgan fingerprint density at radius 1 is 0.800 bits per heavy atom. The zero-order valence-electron chi connectivity index (χ0n) is 9.32. The molecule has 0 aromatic heterocycles. The molecule has 9 heteroatoms. The maximum absolute atomic E-state index is 9.63. The molecule has 0 aliphatic rings. The maximum atomic E-state index is 9.63. The summed E-state index contributed by atoms with van der Waals surface area (Å²) in [6.07, 6.45) is 2.50. The van der Waals surface area contributed by atoms with Crippen molar-refractivity contribution in [2.24, 2.45) is 0 Å². The molecule has 0 radical (unpaired) electrons. The number of hydrogen-bond acceptors (Lipinski definition) is 3. The Morgan fingerprint density at radius 2 is 0.933 bits per heavy atom. The van der Waals surface area contributed by atoms with Gasteiger partial charge in [-0.05, 0) is 0 Å². The monoisotopic (exact) mass is 266 g/mol. The first-order chi connectivity index (χ1) is 6.54. The highest BCUT2D eigenvalue weighted by Gasteiger charge is 2.27. The second-order valence-electron chi connectivity index (χ2n) is 2.48. The topological polar surface area (TPSA) is 124 Å². The molecular formula is C6H20O7P2. The van der Waals surface area contributed by atoms with E-state index in [1.165, 1.54) is 12.8 Å². The van der Waals surface area contributed by atoms with Gasteiger partial charge in [0.2, 0.25) is 0 Å². The minimum atomic E-state index is -5.05. The summed E-state index contributed by atoms with van der Waals surface area (Å²) in [4.78, 5) is 31.0. The van der Waals surface area contributed by atoms with Gasteiger partial charge >= 0.3 is 15.6 Å². The van der Waals surface area contributed by atoms with Crippen molar-refractivity contribution in [2.75, 3.05) is 0 Å². The summed E-state index contributed by atoms with van der Waals surface area (Å²) in [5.74, 6) is 0. The first-order valence-corrected chi connectivity index (χ1v) is 7.42. The Labute approximate surface area is 90.0 Å². The van der Waals surface area contributed by atoms with Gasteiger partial charge in [0.25, 0.3) is 0 Å². The Morgan fingerprint density at radius 3 is 0.933 bits per heavy atom. The van der Waals surface area contributed by atoms with Crippen molar-refractivity contribution in [2.45, 2.75) is 40.5 Å². The second kappa shape index (κ2) is 10.8. The number of hydrogen-bond donors (Lipinski definition) is 4. The van der Waals surface area contributed by atoms with Gasteiger partial charge in [0.1, 0.15) is 0 Å². The van der Waals surface area contributed by atoms with E-state index in [-0.39, 0.29) is 0 Å². The molecule has 0 saturated carbocycles. The van der Waals surface area contributed by atoms with Gasteiger partial charge in [-0.15, -0.1) is 0 Å². The van der Waals surface area contributed by atoms with Gasteiger partial charge in [0.05, 0.1) is 0 Å². The molecule has 0 heterocycles. The van der Waals surface area contributed by atoms with Gasteiger partial charge in [0, 0.05) is 0 Å². The predicted molar refractivity (Wildman–Crippen MR) is 57.1 cm³/mol. The van der Waals surface area contributed by atoms with Gasteiger partial charge in [-0.1, -0.05) is 40.5 Å². The Kier molecular flexibility index (Phi) is 14.8. The lowest BCUT2D eigenvalue weighted by atomic mass is 10.6. The summed E-state index contributed by atoms with van der Waals surface area (Å²) in [6.45, 7) is 8.50. The Balaban J connectivity index is -0.000000200. The van der Waals surface area contributed by atoms with E-state index in [2.05, 4.69) is 32.0 Å². The fraction of sp³-hybridized carbons (Fsp3) is 1.00. The van der Waals surface area contributed by atoms with Crippen LogP contribution < -0.4 is 0 Å². The molecule has 0 saturated heterocycles. The lowest BCUT2D eigenvalue weighted by Gasteiger charge is -2.03. The van der Waals surface area contributed by atoms with Crippen molar-refractivity contribution in [3.8, 4) is 0 Å². The molecule has 0 spiro atoms. The van der Waals surface area contributed by atoms with Crippen LogP contribution in [0.25, 0.3) is 0 Å². The van der Waals surface area contributed by atoms with Crippen molar-refractivity contribution < 1.29 is 33.0 Å². The Bertz CT molecular complexity index is 184. The van der Waals surface area contributed by atoms with E-state index < -0.39 is 15.6 Å². The van der Waals surface area contributed by atoms with Gasteiger partial charge < -0.3 is 19.6 Å². The van der Waals surface area contributed by atoms with Crippen LogP contribution in [0.4, 0.5) is 0 Å². The van der Waals surface area contributed by atoms with Crippen LogP contribution in [-0.2, 0) is 13.4 Å². The highest BCUT2D eigenvalue weighted by atomic mass is 31.3. The average molecular weight is 266 g/mol. The fourth-order valence-corrected chi connectivity index (χ4v) is 1.25. The van der Waals surface area contributed by atoms with Crippen molar-refractivity contribution in [3.63, 3.8) is 0 Å². The van der Waals surface area contributed by atoms with Crippen LogP contribution in [0, 0.1) is 0 Å². The molecule has 0 bridgehead atoms. The summed E-state index contributed by atoms with van der Waals surface area (Å²) in [5, 5.41) is 0. The first-order valence-electron chi connectivity index (χ1n) is 4.36. The molecule has 0 atom stereocenters. The second-order valence-corrected chi connectivity index (χ2v) is 5.09. The minimum absolute atomic E-state index is 1.25. The lowest BCUT2D eigenvalue weighted by Crippen LogP contribution is -1.84. The van der Waals surface area contributed by atoms with Gasteiger partial charge in [-0.3, -0.25) is 0 Å². The van der Waals surface area contributed by atoms with E-state index in [1.807, 2.05) is 0 Å².